The number of imidazole rings is 1. The van der Waals surface area contributed by atoms with E-state index in [1.54, 1.807) is 24.3 Å². The first-order valence-corrected chi connectivity index (χ1v) is 9.47. The first-order valence-electron chi connectivity index (χ1n) is 8.60. The fourth-order valence-electron chi connectivity index (χ4n) is 2.96. The highest BCUT2D eigenvalue weighted by molar-refractivity contribution is 7.13. The van der Waals surface area contributed by atoms with Gasteiger partial charge in [-0.2, -0.15) is 0 Å². The Kier molecular flexibility index (Phi) is 4.44. The molecule has 0 aliphatic rings. The van der Waals surface area contributed by atoms with E-state index < -0.39 is 11.6 Å². The van der Waals surface area contributed by atoms with Gasteiger partial charge in [0.25, 0.3) is 5.91 Å². The number of nitrogens with one attached hydrogen (secondary N) is 1. The maximum absolute atomic E-state index is 12.6. The molecule has 3 aromatic heterocycles. The normalized spacial score (nSPS) is 11.1. The van der Waals surface area contributed by atoms with Crippen molar-refractivity contribution in [2.24, 2.45) is 5.73 Å². The number of aromatic nitrogens is 4. The summed E-state index contributed by atoms with van der Waals surface area (Å²) in [7, 11) is 0. The van der Waals surface area contributed by atoms with Gasteiger partial charge in [-0.15, -0.1) is 11.3 Å². The number of benzene rings is 1. The van der Waals surface area contributed by atoms with Gasteiger partial charge in [-0.05, 0) is 55.1 Å². The van der Waals surface area contributed by atoms with Crippen LogP contribution in [0.3, 0.4) is 0 Å². The maximum atomic E-state index is 12.6. The lowest BCUT2D eigenvalue weighted by Gasteiger charge is -2.07. The molecule has 0 aliphatic carbocycles. The zero-order valence-corrected chi connectivity index (χ0v) is 16.0. The molecule has 0 radical (unpaired) electrons. The summed E-state index contributed by atoms with van der Waals surface area (Å²) in [5.41, 5.74) is 7.13. The largest absolute Gasteiger partial charge is 0.494 e. The van der Waals surface area contributed by atoms with Gasteiger partial charge >= 0.3 is 5.69 Å². The summed E-state index contributed by atoms with van der Waals surface area (Å²) in [5.74, 6) is 0.317. The summed E-state index contributed by atoms with van der Waals surface area (Å²) >= 11 is 1.46. The number of hydrogen-bond donors (Lipinski definition) is 2. The molecule has 0 aliphatic heterocycles. The van der Waals surface area contributed by atoms with Gasteiger partial charge in [0.05, 0.1) is 17.2 Å². The van der Waals surface area contributed by atoms with Crippen molar-refractivity contribution in [2.75, 3.05) is 6.61 Å². The summed E-state index contributed by atoms with van der Waals surface area (Å²) in [6.45, 7) is 4.37. The Labute approximate surface area is 163 Å². The van der Waals surface area contributed by atoms with Crippen LogP contribution in [0.15, 0.2) is 40.5 Å². The van der Waals surface area contributed by atoms with E-state index in [0.717, 1.165) is 10.4 Å². The Morgan fingerprint density at radius 3 is 2.61 bits per heavy atom. The minimum absolute atomic E-state index is 0.0189. The van der Waals surface area contributed by atoms with Crippen LogP contribution in [-0.2, 0) is 0 Å². The molecular weight excluding hydrogens is 378 g/mol. The Hall–Kier alpha value is -3.46. The number of H-pyrrole nitrogens is 1. The highest BCUT2D eigenvalue weighted by Gasteiger charge is 2.21. The number of primary amides is 1. The third-order valence-electron chi connectivity index (χ3n) is 4.24. The van der Waals surface area contributed by atoms with Crippen LogP contribution < -0.4 is 16.2 Å². The molecule has 0 unspecified atom stereocenters. The smallest absolute Gasteiger partial charge is 0.332 e. The van der Waals surface area contributed by atoms with Crippen LogP contribution in [0.25, 0.3) is 27.6 Å². The predicted molar refractivity (Wildman–Crippen MR) is 107 cm³/mol. The fraction of sp³-hybridized carbons (Fsp3) is 0.158. The molecule has 4 rings (SSSR count). The van der Waals surface area contributed by atoms with Gasteiger partial charge in [0, 0.05) is 0 Å². The standard InChI is InChI=1S/C19H17N5O3S/c1-3-27-12-6-4-11(5-7-12)24-18-14(22-19(24)26)13(16(20)25)21-17(23-18)15-10(2)8-9-28-15/h4-9H,3H2,1-2H3,(H2,20,25)(H,22,26). The lowest BCUT2D eigenvalue weighted by molar-refractivity contribution is 0.0997. The molecule has 1 aromatic carbocycles. The van der Waals surface area contributed by atoms with Gasteiger partial charge in [0.1, 0.15) is 11.3 Å². The number of carbonyl (C=O) groups is 1. The number of amides is 1. The van der Waals surface area contributed by atoms with Crippen molar-refractivity contribution in [3.05, 3.63) is 57.5 Å². The summed E-state index contributed by atoms with van der Waals surface area (Å²) in [4.78, 5) is 37.0. The van der Waals surface area contributed by atoms with Gasteiger partial charge in [-0.1, -0.05) is 0 Å². The van der Waals surface area contributed by atoms with Gasteiger partial charge < -0.3 is 15.5 Å². The second kappa shape index (κ2) is 6.93. The number of nitrogens with zero attached hydrogens (tertiary/aromatic N) is 3. The van der Waals surface area contributed by atoms with Crippen molar-refractivity contribution < 1.29 is 9.53 Å². The molecule has 9 heteroatoms. The van der Waals surface area contributed by atoms with E-state index in [2.05, 4.69) is 15.0 Å². The minimum Gasteiger partial charge on any atom is -0.494 e. The van der Waals surface area contributed by atoms with Crippen molar-refractivity contribution >= 4 is 28.4 Å². The van der Waals surface area contributed by atoms with E-state index in [4.69, 9.17) is 10.5 Å². The Morgan fingerprint density at radius 1 is 1.25 bits per heavy atom. The third-order valence-corrected chi connectivity index (χ3v) is 5.25. The topological polar surface area (TPSA) is 116 Å². The average Bonchev–Trinajstić information content (AvgIpc) is 3.24. The van der Waals surface area contributed by atoms with Gasteiger partial charge in [-0.25, -0.2) is 19.3 Å². The van der Waals surface area contributed by atoms with Crippen LogP contribution in [-0.4, -0.2) is 32.0 Å². The molecule has 8 nitrogen and oxygen atoms in total. The lowest BCUT2D eigenvalue weighted by atomic mass is 10.2. The monoisotopic (exact) mass is 395 g/mol. The summed E-state index contributed by atoms with van der Waals surface area (Å²) in [5, 5.41) is 1.92. The van der Waals surface area contributed by atoms with Crippen molar-refractivity contribution in [2.45, 2.75) is 13.8 Å². The molecule has 0 saturated heterocycles. The second-order valence-corrected chi connectivity index (χ2v) is 7.00. The van der Waals surface area contributed by atoms with Crippen LogP contribution in [0, 0.1) is 6.92 Å². The number of thiophene rings is 1. The second-order valence-electron chi connectivity index (χ2n) is 6.08. The Morgan fingerprint density at radius 2 is 2.00 bits per heavy atom. The maximum Gasteiger partial charge on any atom is 0.332 e. The van der Waals surface area contributed by atoms with E-state index in [-0.39, 0.29) is 11.2 Å². The van der Waals surface area contributed by atoms with Crippen LogP contribution >= 0.6 is 11.3 Å². The highest BCUT2D eigenvalue weighted by Crippen LogP contribution is 2.28. The minimum atomic E-state index is -0.733. The number of rotatable bonds is 5. The van der Waals surface area contributed by atoms with Crippen molar-refractivity contribution in [1.29, 1.82) is 0 Å². The van der Waals surface area contributed by atoms with Gasteiger partial charge in [0.2, 0.25) is 0 Å². The van der Waals surface area contributed by atoms with Crippen LogP contribution in [0.5, 0.6) is 5.75 Å². The number of hydrogen-bond acceptors (Lipinski definition) is 6. The van der Waals surface area contributed by atoms with E-state index in [1.807, 2.05) is 25.3 Å². The molecule has 0 spiro atoms. The average molecular weight is 395 g/mol. The number of ether oxygens (including phenoxy) is 1. The van der Waals surface area contributed by atoms with Crippen LogP contribution in [0.1, 0.15) is 23.0 Å². The summed E-state index contributed by atoms with van der Waals surface area (Å²) in [6.07, 6.45) is 0. The molecule has 0 atom stereocenters. The summed E-state index contributed by atoms with van der Waals surface area (Å²) < 4.78 is 6.84. The zero-order valence-electron chi connectivity index (χ0n) is 15.2. The van der Waals surface area contributed by atoms with E-state index in [1.165, 1.54) is 15.9 Å². The molecule has 142 valence electrons. The first-order chi connectivity index (χ1) is 13.5. The fourth-order valence-corrected chi connectivity index (χ4v) is 3.82. The van der Waals surface area contributed by atoms with Gasteiger partial charge in [0.15, 0.2) is 17.2 Å². The summed E-state index contributed by atoms with van der Waals surface area (Å²) in [6, 6.07) is 8.98. The molecule has 0 saturated carbocycles. The van der Waals surface area contributed by atoms with E-state index in [9.17, 15) is 9.59 Å². The number of nitrogens with two attached hydrogens (primary N) is 1. The number of fused-ring (bicyclic) bond motifs is 1. The van der Waals surface area contributed by atoms with Crippen molar-refractivity contribution in [3.63, 3.8) is 0 Å². The SMILES string of the molecule is CCOc1ccc(-n2c(=O)[nH]c3c(C(N)=O)nc(-c4sccc4C)nc32)cc1. The Balaban J connectivity index is 1.98. The van der Waals surface area contributed by atoms with Crippen LogP contribution in [0.4, 0.5) is 0 Å². The van der Waals surface area contributed by atoms with Crippen LogP contribution in [0.2, 0.25) is 0 Å². The number of aryl methyl sites for hydroxylation is 1. The molecule has 0 fully saturated rings. The molecule has 1 amide bonds. The van der Waals surface area contributed by atoms with Gasteiger partial charge in [-0.3, -0.25) is 4.79 Å². The molecule has 3 heterocycles. The van der Waals surface area contributed by atoms with Crippen molar-refractivity contribution in [1.82, 2.24) is 19.5 Å². The predicted octanol–water partition coefficient (Wildman–Crippen LogP) is 2.64. The molecule has 28 heavy (non-hydrogen) atoms. The number of carbonyl (C=O) groups excluding carboxylic acids is 1. The zero-order chi connectivity index (χ0) is 19.8. The highest BCUT2D eigenvalue weighted by atomic mass is 32.1. The molecule has 4 aromatic rings. The van der Waals surface area contributed by atoms with E-state index >= 15 is 0 Å². The van der Waals surface area contributed by atoms with E-state index in [0.29, 0.717) is 29.5 Å². The Bertz CT molecular complexity index is 1240. The molecular formula is C19H17N5O3S. The first kappa shape index (κ1) is 17.9. The third kappa shape index (κ3) is 2.95. The molecule has 3 N–H and O–H groups in total. The number of aromatic amines is 1. The molecule has 0 bridgehead atoms. The quantitative estimate of drug-likeness (QED) is 0.539. The lowest BCUT2D eigenvalue weighted by Crippen LogP contribution is -2.15. The van der Waals surface area contributed by atoms with Crippen molar-refractivity contribution in [3.8, 4) is 22.1 Å².